The summed E-state index contributed by atoms with van der Waals surface area (Å²) in [5, 5.41) is 9.73. The molecular weight excluding hydrogens is 258 g/mol. The monoisotopic (exact) mass is 267 g/mol. The number of carboxylic acid groups (broad SMARTS) is 1. The highest BCUT2D eigenvalue weighted by Crippen LogP contribution is 2.25. The van der Waals surface area contributed by atoms with E-state index in [-0.39, 0.29) is 5.56 Å². The molecule has 0 spiro atoms. The molecule has 4 N–H and O–H groups in total. The summed E-state index contributed by atoms with van der Waals surface area (Å²) in [6, 6.07) is 6.54. The van der Waals surface area contributed by atoms with Crippen LogP contribution in [0.1, 0.15) is 10.4 Å². The van der Waals surface area contributed by atoms with Crippen molar-refractivity contribution < 1.29 is 22.9 Å². The maximum absolute atomic E-state index is 11.1. The number of nitrogen functional groups attached to an aromatic ring is 1. The number of carbonyl (C=O) groups is 1. The maximum Gasteiger partial charge on any atom is 0.336 e. The van der Waals surface area contributed by atoms with Gasteiger partial charge in [0, 0.05) is 5.69 Å². The van der Waals surface area contributed by atoms with Crippen LogP contribution in [0.5, 0.6) is 0 Å². The van der Waals surface area contributed by atoms with Crippen molar-refractivity contribution in [2.24, 2.45) is 0 Å². The molecule has 0 atom stereocenters. The first-order valence-corrected chi connectivity index (χ1v) is 6.27. The molecular formula is C11H9NO5S. The summed E-state index contributed by atoms with van der Waals surface area (Å²) >= 11 is 0. The normalized spacial score (nSPS) is 11.6. The third-order valence-corrected chi connectivity index (χ3v) is 3.31. The van der Waals surface area contributed by atoms with Crippen LogP contribution in [0.2, 0.25) is 0 Å². The summed E-state index contributed by atoms with van der Waals surface area (Å²) in [5.41, 5.74) is 5.69. The van der Waals surface area contributed by atoms with Gasteiger partial charge in [-0.25, -0.2) is 4.79 Å². The molecule has 0 heterocycles. The van der Waals surface area contributed by atoms with Crippen molar-refractivity contribution in [3.05, 3.63) is 35.9 Å². The zero-order valence-electron chi connectivity index (χ0n) is 8.99. The van der Waals surface area contributed by atoms with E-state index in [1.54, 1.807) is 0 Å². The van der Waals surface area contributed by atoms with Crippen molar-refractivity contribution in [2.75, 3.05) is 5.73 Å². The van der Waals surface area contributed by atoms with E-state index in [1.165, 1.54) is 24.3 Å². The molecule has 0 saturated carbocycles. The van der Waals surface area contributed by atoms with Crippen LogP contribution >= 0.6 is 0 Å². The Balaban J connectivity index is 2.92. The molecule has 0 radical (unpaired) electrons. The molecule has 7 heteroatoms. The molecule has 0 saturated heterocycles. The predicted molar refractivity (Wildman–Crippen MR) is 65.1 cm³/mol. The Hall–Kier alpha value is -2.12. The summed E-state index contributed by atoms with van der Waals surface area (Å²) in [5.74, 6) is -1.30. The van der Waals surface area contributed by atoms with E-state index in [9.17, 15) is 13.2 Å². The Labute approximate surface area is 102 Å². The van der Waals surface area contributed by atoms with Gasteiger partial charge in [-0.05, 0) is 35.0 Å². The lowest BCUT2D eigenvalue weighted by molar-refractivity contribution is 0.0699. The number of hydrogen-bond acceptors (Lipinski definition) is 4. The molecule has 0 unspecified atom stereocenters. The first-order valence-electron chi connectivity index (χ1n) is 4.83. The average molecular weight is 267 g/mol. The molecule has 0 bridgehead atoms. The molecule has 0 aliphatic carbocycles. The van der Waals surface area contributed by atoms with Crippen LogP contribution in [0.25, 0.3) is 10.8 Å². The standard InChI is InChI=1S/C11H9NO5S/c12-7-2-1-6-3-8(18(15,16)17)5-10(11(13)14)9(6)4-7/h1-5H,12H2,(H,13,14)(H,15,16,17). The van der Waals surface area contributed by atoms with E-state index in [0.717, 1.165) is 6.07 Å². The smallest absolute Gasteiger partial charge is 0.336 e. The van der Waals surface area contributed by atoms with Crippen LogP contribution in [0.15, 0.2) is 35.2 Å². The number of hydrogen-bond donors (Lipinski definition) is 3. The Kier molecular flexibility index (Phi) is 2.72. The van der Waals surface area contributed by atoms with Gasteiger partial charge in [0.05, 0.1) is 10.5 Å². The number of fused-ring (bicyclic) bond motifs is 1. The van der Waals surface area contributed by atoms with Gasteiger partial charge in [-0.1, -0.05) is 6.07 Å². The van der Waals surface area contributed by atoms with Gasteiger partial charge in [0.15, 0.2) is 0 Å². The molecule has 2 rings (SSSR count). The fourth-order valence-corrected chi connectivity index (χ4v) is 2.22. The topological polar surface area (TPSA) is 118 Å². The highest BCUT2D eigenvalue weighted by atomic mass is 32.2. The van der Waals surface area contributed by atoms with Crippen molar-refractivity contribution in [2.45, 2.75) is 4.90 Å². The van der Waals surface area contributed by atoms with E-state index in [0.29, 0.717) is 16.5 Å². The quantitative estimate of drug-likeness (QED) is 0.558. The van der Waals surface area contributed by atoms with Crippen LogP contribution in [0, 0.1) is 0 Å². The second kappa shape index (κ2) is 3.97. The molecule has 6 nitrogen and oxygen atoms in total. The average Bonchev–Trinajstić information content (AvgIpc) is 2.25. The van der Waals surface area contributed by atoms with E-state index >= 15 is 0 Å². The summed E-state index contributed by atoms with van der Waals surface area (Å²) < 4.78 is 31.1. The maximum atomic E-state index is 11.1. The summed E-state index contributed by atoms with van der Waals surface area (Å²) in [6.07, 6.45) is 0. The molecule has 2 aromatic carbocycles. The minimum absolute atomic E-state index is 0.229. The van der Waals surface area contributed by atoms with Gasteiger partial charge in [0.25, 0.3) is 10.1 Å². The molecule has 2 aromatic rings. The highest BCUT2D eigenvalue weighted by molar-refractivity contribution is 7.85. The van der Waals surface area contributed by atoms with Crippen molar-refractivity contribution in [1.82, 2.24) is 0 Å². The zero-order valence-corrected chi connectivity index (χ0v) is 9.81. The third kappa shape index (κ3) is 2.13. The van der Waals surface area contributed by atoms with E-state index < -0.39 is 21.0 Å². The van der Waals surface area contributed by atoms with Gasteiger partial charge in [-0.2, -0.15) is 8.42 Å². The molecule has 0 aliphatic heterocycles. The molecule has 0 fully saturated rings. The lowest BCUT2D eigenvalue weighted by atomic mass is 10.0. The minimum atomic E-state index is -4.46. The van der Waals surface area contributed by atoms with Gasteiger partial charge in [-0.15, -0.1) is 0 Å². The Morgan fingerprint density at radius 1 is 1.17 bits per heavy atom. The Morgan fingerprint density at radius 3 is 2.39 bits per heavy atom. The molecule has 94 valence electrons. The fourth-order valence-electron chi connectivity index (χ4n) is 1.67. The van der Waals surface area contributed by atoms with Crippen LogP contribution < -0.4 is 5.73 Å². The van der Waals surface area contributed by atoms with Crippen molar-refractivity contribution in [3.63, 3.8) is 0 Å². The highest BCUT2D eigenvalue weighted by Gasteiger charge is 2.17. The zero-order chi connectivity index (χ0) is 13.5. The second-order valence-corrected chi connectivity index (χ2v) is 5.15. The van der Waals surface area contributed by atoms with Crippen LogP contribution in [-0.2, 0) is 10.1 Å². The van der Waals surface area contributed by atoms with Gasteiger partial charge in [0.2, 0.25) is 0 Å². The molecule has 18 heavy (non-hydrogen) atoms. The van der Waals surface area contributed by atoms with Crippen molar-refractivity contribution in [3.8, 4) is 0 Å². The Bertz CT molecular complexity index is 751. The van der Waals surface area contributed by atoms with Gasteiger partial charge >= 0.3 is 5.97 Å². The first-order chi connectivity index (χ1) is 8.29. The van der Waals surface area contributed by atoms with E-state index in [4.69, 9.17) is 15.4 Å². The number of rotatable bonds is 2. The molecule has 0 amide bonds. The summed E-state index contributed by atoms with van der Waals surface area (Å²) in [4.78, 5) is 10.6. The van der Waals surface area contributed by atoms with Crippen LogP contribution in [0.3, 0.4) is 0 Å². The van der Waals surface area contributed by atoms with Crippen molar-refractivity contribution >= 4 is 32.5 Å². The number of carboxylic acids is 1. The van der Waals surface area contributed by atoms with Crippen molar-refractivity contribution in [1.29, 1.82) is 0 Å². The fraction of sp³-hybridized carbons (Fsp3) is 0. The number of benzene rings is 2. The summed E-state index contributed by atoms with van der Waals surface area (Å²) in [6.45, 7) is 0. The SMILES string of the molecule is Nc1ccc2cc(S(=O)(=O)O)cc(C(=O)O)c2c1. The number of nitrogens with two attached hydrogens (primary N) is 1. The lowest BCUT2D eigenvalue weighted by Crippen LogP contribution is -2.04. The largest absolute Gasteiger partial charge is 0.478 e. The molecule has 0 aliphatic rings. The number of anilines is 1. The van der Waals surface area contributed by atoms with Crippen LogP contribution in [-0.4, -0.2) is 24.0 Å². The predicted octanol–water partition coefficient (Wildman–Crippen LogP) is 1.37. The summed E-state index contributed by atoms with van der Waals surface area (Å²) in [7, 11) is -4.46. The van der Waals surface area contributed by atoms with E-state index in [1.807, 2.05) is 0 Å². The minimum Gasteiger partial charge on any atom is -0.478 e. The van der Waals surface area contributed by atoms with Crippen LogP contribution in [0.4, 0.5) is 5.69 Å². The van der Waals surface area contributed by atoms with Gasteiger partial charge < -0.3 is 10.8 Å². The third-order valence-electron chi connectivity index (χ3n) is 2.48. The second-order valence-electron chi connectivity index (χ2n) is 3.73. The van der Waals surface area contributed by atoms with E-state index in [2.05, 4.69) is 0 Å². The first kappa shape index (κ1) is 12.3. The molecule has 0 aromatic heterocycles. The van der Waals surface area contributed by atoms with Gasteiger partial charge in [-0.3, -0.25) is 4.55 Å². The number of aromatic carboxylic acids is 1. The Morgan fingerprint density at radius 2 is 1.83 bits per heavy atom. The van der Waals surface area contributed by atoms with Gasteiger partial charge in [0.1, 0.15) is 0 Å². The lowest BCUT2D eigenvalue weighted by Gasteiger charge is -2.06.